The Morgan fingerprint density at radius 1 is 1.29 bits per heavy atom. The number of rotatable bonds is 11. The second kappa shape index (κ2) is 11.7. The number of alkyl halides is 1. The first kappa shape index (κ1) is 25.2. The van der Waals surface area contributed by atoms with E-state index in [2.05, 4.69) is 39.8 Å². The molecule has 1 aliphatic rings. The minimum absolute atomic E-state index is 0.00648. The maximum absolute atomic E-state index is 15.4. The van der Waals surface area contributed by atoms with Crippen molar-refractivity contribution in [2.24, 2.45) is 18.9 Å². The number of likely N-dealkylation sites (tertiary alicyclic amines) is 1. The number of nitrogens with zero attached hydrogens (tertiary/aromatic N) is 3. The van der Waals surface area contributed by atoms with E-state index >= 15 is 4.39 Å². The predicted molar refractivity (Wildman–Crippen MR) is 135 cm³/mol. The lowest BCUT2D eigenvalue weighted by molar-refractivity contribution is -0.146. The average Bonchev–Trinajstić information content (AvgIpc) is 3.29. The molecule has 0 bridgehead atoms. The molecule has 1 aromatic carbocycles. The molecule has 0 saturated carbocycles. The highest BCUT2D eigenvalue weighted by Crippen LogP contribution is 2.35. The zero-order valence-corrected chi connectivity index (χ0v) is 20.7. The number of aryl methyl sites for hydroxylation is 2. The number of carboxylic acids is 1. The van der Waals surface area contributed by atoms with Gasteiger partial charge < -0.3 is 19.3 Å². The third-order valence-corrected chi connectivity index (χ3v) is 7.48. The number of halogens is 1. The molecule has 188 valence electrons. The van der Waals surface area contributed by atoms with Gasteiger partial charge in [0.1, 0.15) is 11.9 Å². The maximum Gasteiger partial charge on any atom is 0.308 e. The quantitative estimate of drug-likeness (QED) is 0.371. The van der Waals surface area contributed by atoms with Gasteiger partial charge in [0.15, 0.2) is 0 Å². The number of carbonyl (C=O) groups is 1. The predicted octanol–water partition coefficient (Wildman–Crippen LogP) is 5.42. The monoisotopic (exact) mass is 481 g/mol. The Kier molecular flexibility index (Phi) is 8.39. The molecule has 3 heterocycles. The van der Waals surface area contributed by atoms with E-state index in [0.29, 0.717) is 30.7 Å². The molecule has 3 aromatic rings. The zero-order chi connectivity index (χ0) is 24.8. The SMILES string of the molecule is COc1ccc2nccc([C@H](F)CC[C@@H]3CCN(CCCCc4cccn4C)C[C@@H]3C(=O)O)c2c1. The molecule has 7 heteroatoms. The van der Waals surface area contributed by atoms with E-state index in [0.717, 1.165) is 49.7 Å². The van der Waals surface area contributed by atoms with Gasteiger partial charge in [-0.15, -0.1) is 0 Å². The third kappa shape index (κ3) is 6.20. The molecule has 0 spiro atoms. The van der Waals surface area contributed by atoms with Gasteiger partial charge in [0.25, 0.3) is 0 Å². The van der Waals surface area contributed by atoms with Crippen LogP contribution in [-0.4, -0.2) is 52.3 Å². The number of aromatic nitrogens is 2. The number of hydrogen-bond donors (Lipinski definition) is 1. The number of piperidine rings is 1. The number of carboxylic acid groups (broad SMARTS) is 1. The first-order chi connectivity index (χ1) is 17.0. The smallest absolute Gasteiger partial charge is 0.308 e. The molecule has 1 aliphatic heterocycles. The van der Waals surface area contributed by atoms with Gasteiger partial charge in [0.05, 0.1) is 18.5 Å². The fourth-order valence-electron chi connectivity index (χ4n) is 5.36. The van der Waals surface area contributed by atoms with Gasteiger partial charge >= 0.3 is 5.97 Å². The van der Waals surface area contributed by atoms with Crippen LogP contribution in [0.5, 0.6) is 5.75 Å². The number of unbranched alkanes of at least 4 members (excludes halogenated alkanes) is 1. The summed E-state index contributed by atoms with van der Waals surface area (Å²) in [6.45, 7) is 2.35. The molecule has 0 unspecified atom stereocenters. The highest BCUT2D eigenvalue weighted by atomic mass is 19.1. The number of hydrogen-bond acceptors (Lipinski definition) is 4. The summed E-state index contributed by atoms with van der Waals surface area (Å²) in [5.74, 6) is -0.551. The number of ether oxygens (including phenoxy) is 1. The van der Waals surface area contributed by atoms with Crippen molar-refractivity contribution >= 4 is 16.9 Å². The van der Waals surface area contributed by atoms with Crippen molar-refractivity contribution in [3.05, 3.63) is 60.0 Å². The molecule has 4 rings (SSSR count). The molecular formula is C28H36FN3O3. The molecule has 2 aromatic heterocycles. The fraction of sp³-hybridized carbons (Fsp3) is 0.500. The van der Waals surface area contributed by atoms with Crippen LogP contribution in [-0.2, 0) is 18.3 Å². The van der Waals surface area contributed by atoms with E-state index in [-0.39, 0.29) is 5.92 Å². The van der Waals surface area contributed by atoms with Gasteiger partial charge in [-0.05, 0) is 99.5 Å². The van der Waals surface area contributed by atoms with Crippen LogP contribution in [0.3, 0.4) is 0 Å². The summed E-state index contributed by atoms with van der Waals surface area (Å²) in [4.78, 5) is 18.7. The number of aliphatic carboxylic acids is 1. The van der Waals surface area contributed by atoms with Crippen molar-refractivity contribution in [3.8, 4) is 5.75 Å². The van der Waals surface area contributed by atoms with E-state index in [1.54, 1.807) is 19.4 Å². The van der Waals surface area contributed by atoms with Crippen molar-refractivity contribution in [1.82, 2.24) is 14.5 Å². The molecule has 3 atom stereocenters. The summed E-state index contributed by atoms with van der Waals surface area (Å²) in [7, 11) is 3.65. The minimum Gasteiger partial charge on any atom is -0.497 e. The van der Waals surface area contributed by atoms with E-state index < -0.39 is 18.1 Å². The van der Waals surface area contributed by atoms with Crippen LogP contribution in [0.4, 0.5) is 4.39 Å². The number of pyridine rings is 1. The molecule has 1 N–H and O–H groups in total. The molecule has 1 fully saturated rings. The van der Waals surface area contributed by atoms with E-state index in [9.17, 15) is 9.90 Å². The van der Waals surface area contributed by atoms with Gasteiger partial charge in [-0.1, -0.05) is 0 Å². The van der Waals surface area contributed by atoms with Gasteiger partial charge in [-0.25, -0.2) is 4.39 Å². The highest BCUT2D eigenvalue weighted by molar-refractivity contribution is 5.83. The van der Waals surface area contributed by atoms with Crippen LogP contribution in [0, 0.1) is 11.8 Å². The Labute approximate surface area is 206 Å². The first-order valence-corrected chi connectivity index (χ1v) is 12.6. The third-order valence-electron chi connectivity index (χ3n) is 7.48. The van der Waals surface area contributed by atoms with Crippen molar-refractivity contribution in [3.63, 3.8) is 0 Å². The number of fused-ring (bicyclic) bond motifs is 1. The minimum atomic E-state index is -1.17. The lowest BCUT2D eigenvalue weighted by Crippen LogP contribution is -2.44. The molecule has 1 saturated heterocycles. The maximum atomic E-state index is 15.4. The topological polar surface area (TPSA) is 67.6 Å². The van der Waals surface area contributed by atoms with Crippen LogP contribution in [0.25, 0.3) is 10.9 Å². The Balaban J connectivity index is 1.30. The molecule has 6 nitrogen and oxygen atoms in total. The summed E-state index contributed by atoms with van der Waals surface area (Å²) >= 11 is 0. The van der Waals surface area contributed by atoms with Gasteiger partial charge in [0, 0.05) is 37.1 Å². The largest absolute Gasteiger partial charge is 0.497 e. The summed E-state index contributed by atoms with van der Waals surface area (Å²) in [5, 5.41) is 10.6. The van der Waals surface area contributed by atoms with Crippen LogP contribution >= 0.6 is 0 Å². The van der Waals surface area contributed by atoms with Crippen molar-refractivity contribution in [1.29, 1.82) is 0 Å². The van der Waals surface area contributed by atoms with Gasteiger partial charge in [0.2, 0.25) is 0 Å². The van der Waals surface area contributed by atoms with Crippen molar-refractivity contribution < 1.29 is 19.0 Å². The van der Waals surface area contributed by atoms with Gasteiger partial charge in [-0.2, -0.15) is 0 Å². The zero-order valence-electron chi connectivity index (χ0n) is 20.7. The number of benzene rings is 1. The van der Waals surface area contributed by atoms with E-state index in [1.165, 1.54) is 5.69 Å². The Hall–Kier alpha value is -2.93. The molecule has 0 amide bonds. The average molecular weight is 482 g/mol. The lowest BCUT2D eigenvalue weighted by Gasteiger charge is -2.37. The second-order valence-corrected chi connectivity index (χ2v) is 9.69. The number of methoxy groups -OCH3 is 1. The van der Waals surface area contributed by atoms with Crippen LogP contribution in [0.1, 0.15) is 49.5 Å². The van der Waals surface area contributed by atoms with Crippen molar-refractivity contribution in [2.45, 2.75) is 44.7 Å². The highest BCUT2D eigenvalue weighted by Gasteiger charge is 2.34. The summed E-state index contributed by atoms with van der Waals surface area (Å²) in [5.41, 5.74) is 2.65. The Bertz CT molecular complexity index is 1130. The second-order valence-electron chi connectivity index (χ2n) is 9.69. The van der Waals surface area contributed by atoms with Crippen LogP contribution in [0.15, 0.2) is 48.8 Å². The van der Waals surface area contributed by atoms with E-state index in [1.807, 2.05) is 18.2 Å². The Morgan fingerprint density at radius 2 is 2.14 bits per heavy atom. The van der Waals surface area contributed by atoms with Crippen LogP contribution in [0.2, 0.25) is 0 Å². The Morgan fingerprint density at radius 3 is 2.89 bits per heavy atom. The molecular weight excluding hydrogens is 445 g/mol. The van der Waals surface area contributed by atoms with E-state index in [4.69, 9.17) is 4.74 Å². The molecule has 0 radical (unpaired) electrons. The standard InChI is InChI=1S/C28H36FN3O3/c1-31-15-5-7-21(31)6-3-4-16-32-17-13-20(25(19-32)28(33)34)8-10-26(29)23-12-14-30-27-11-9-22(35-2)18-24(23)27/h5,7,9,11-12,14-15,18,20,25-26H,3-4,6,8,10,13,16-17,19H2,1-2H3,(H,33,34)/t20-,25+,26-/m1/s1. The summed E-state index contributed by atoms with van der Waals surface area (Å²) in [6.07, 6.45) is 7.37. The van der Waals surface area contributed by atoms with Crippen molar-refractivity contribution in [2.75, 3.05) is 26.7 Å². The first-order valence-electron chi connectivity index (χ1n) is 12.6. The van der Waals surface area contributed by atoms with Gasteiger partial charge in [-0.3, -0.25) is 9.78 Å². The fourth-order valence-corrected chi connectivity index (χ4v) is 5.36. The normalized spacial score (nSPS) is 19.6. The van der Waals surface area contributed by atoms with Crippen LogP contribution < -0.4 is 4.74 Å². The lowest BCUT2D eigenvalue weighted by atomic mass is 9.81. The summed E-state index contributed by atoms with van der Waals surface area (Å²) in [6, 6.07) is 11.4. The molecule has 35 heavy (non-hydrogen) atoms. The molecule has 0 aliphatic carbocycles. The summed E-state index contributed by atoms with van der Waals surface area (Å²) < 4.78 is 22.8.